The zero-order valence-electron chi connectivity index (χ0n) is 14.3. The fourth-order valence-electron chi connectivity index (χ4n) is 1.41. The first-order chi connectivity index (χ1) is 8.76. The minimum atomic E-state index is 0. The Morgan fingerprint density at radius 3 is 2.00 bits per heavy atom. The Balaban J connectivity index is -0.000000139. The van der Waals surface area contributed by atoms with Crippen LogP contribution in [0.2, 0.25) is 0 Å². The van der Waals surface area contributed by atoms with E-state index in [0.29, 0.717) is 0 Å². The summed E-state index contributed by atoms with van der Waals surface area (Å²) in [6.45, 7) is 4.13. The van der Waals surface area contributed by atoms with Gasteiger partial charge in [-0.15, -0.1) is 6.54 Å². The van der Waals surface area contributed by atoms with Crippen molar-refractivity contribution in [2.24, 2.45) is 0 Å². The molecule has 0 N–H and O–H groups in total. The fraction of sp³-hybridized carbons (Fsp3) is 0.688. The summed E-state index contributed by atoms with van der Waals surface area (Å²) in [6.07, 6.45) is 11.6. The van der Waals surface area contributed by atoms with Gasteiger partial charge in [0.1, 0.15) is 0 Å². The predicted molar refractivity (Wildman–Crippen MR) is 91.3 cm³/mol. The maximum absolute atomic E-state index is 4.30. The van der Waals surface area contributed by atoms with Gasteiger partial charge in [0.15, 0.2) is 0 Å². The van der Waals surface area contributed by atoms with E-state index < -0.39 is 0 Å². The fourth-order valence-corrected chi connectivity index (χ4v) is 1.41. The van der Waals surface area contributed by atoms with Crippen LogP contribution in [0.1, 0.15) is 32.6 Å². The summed E-state index contributed by atoms with van der Waals surface area (Å²) in [5, 5.41) is 11.3. The number of unbranched alkanes of at least 4 members (excludes halogenated alkanes) is 1. The molecule has 1 rings (SSSR count). The van der Waals surface area contributed by atoms with Gasteiger partial charge in [0, 0.05) is 0 Å². The van der Waals surface area contributed by atoms with Crippen LogP contribution in [0, 0.1) is 7.43 Å². The number of hydrogen-bond acceptors (Lipinski definition) is 0. The summed E-state index contributed by atoms with van der Waals surface area (Å²) in [4.78, 5) is 0. The first-order valence-electron chi connectivity index (χ1n) is 6.70. The molecule has 1 aliphatic rings. The minimum Gasteiger partial charge on any atom is -0.668 e. The summed E-state index contributed by atoms with van der Waals surface area (Å²) in [7, 11) is 7.00. The van der Waals surface area contributed by atoms with E-state index in [1.807, 2.05) is 0 Å². The van der Waals surface area contributed by atoms with Crippen LogP contribution < -0.4 is 0 Å². The average molecular weight is 446 g/mol. The van der Waals surface area contributed by atoms with Gasteiger partial charge < -0.3 is 23.4 Å². The number of rotatable bonds is 6. The van der Waals surface area contributed by atoms with Gasteiger partial charge in [0.25, 0.3) is 0 Å². The second kappa shape index (κ2) is 27.6. The largest absolute Gasteiger partial charge is 4.00 e. The Bertz CT molecular complexity index is 202. The minimum absolute atomic E-state index is 0. The number of allylic oxidation sites excluding steroid dienone is 4. The SMILES string of the molecule is CC[N-]CCCCC1=CC=CC1.C[N-]C.C[N-]C.[CH3-].[Hf+4]. The van der Waals surface area contributed by atoms with Gasteiger partial charge in [0.05, 0.1) is 0 Å². The van der Waals surface area contributed by atoms with Gasteiger partial charge in [-0.2, -0.15) is 34.7 Å². The molecule has 0 fully saturated rings. The summed E-state index contributed by atoms with van der Waals surface area (Å²) >= 11 is 0. The molecule has 0 aromatic heterocycles. The molecule has 20 heavy (non-hydrogen) atoms. The maximum atomic E-state index is 4.30. The van der Waals surface area contributed by atoms with Crippen LogP contribution in [0.25, 0.3) is 16.0 Å². The third-order valence-electron chi connectivity index (χ3n) is 2.14. The molecule has 0 unspecified atom stereocenters. The zero-order chi connectivity index (χ0) is 14.1. The Kier molecular flexibility index (Phi) is 39.1. The van der Waals surface area contributed by atoms with E-state index in [9.17, 15) is 0 Å². The van der Waals surface area contributed by atoms with Crippen LogP contribution in [0.4, 0.5) is 0 Å². The molecule has 0 heterocycles. The van der Waals surface area contributed by atoms with Gasteiger partial charge in [-0.05, 0) is 12.8 Å². The molecule has 3 nitrogen and oxygen atoms in total. The van der Waals surface area contributed by atoms with Gasteiger partial charge in [-0.1, -0.05) is 43.6 Å². The van der Waals surface area contributed by atoms with Crippen molar-refractivity contribution in [3.63, 3.8) is 0 Å². The van der Waals surface area contributed by atoms with Crippen molar-refractivity contribution < 1.29 is 25.8 Å². The molecule has 0 aromatic rings. The van der Waals surface area contributed by atoms with E-state index in [2.05, 4.69) is 41.1 Å². The number of nitrogens with zero attached hydrogens (tertiary/aromatic N) is 3. The molecule has 0 spiro atoms. The molecule has 0 amide bonds. The van der Waals surface area contributed by atoms with Crippen LogP contribution in [0.3, 0.4) is 0 Å². The summed E-state index contributed by atoms with van der Waals surface area (Å²) < 4.78 is 0. The topological polar surface area (TPSA) is 42.3 Å². The van der Waals surface area contributed by atoms with Crippen molar-refractivity contribution in [2.45, 2.75) is 32.6 Å². The van der Waals surface area contributed by atoms with Crippen molar-refractivity contribution >= 4 is 0 Å². The third-order valence-corrected chi connectivity index (χ3v) is 2.14. The Morgan fingerprint density at radius 1 is 1.05 bits per heavy atom. The van der Waals surface area contributed by atoms with E-state index in [4.69, 9.17) is 0 Å². The van der Waals surface area contributed by atoms with E-state index in [1.54, 1.807) is 33.8 Å². The summed E-state index contributed by atoms with van der Waals surface area (Å²) in [6, 6.07) is 0. The quantitative estimate of drug-likeness (QED) is 0.309. The predicted octanol–water partition coefficient (Wildman–Crippen LogP) is 5.12. The molecule has 116 valence electrons. The van der Waals surface area contributed by atoms with Crippen molar-refractivity contribution in [1.29, 1.82) is 0 Å². The Labute approximate surface area is 146 Å². The molecule has 0 radical (unpaired) electrons. The molecule has 1 aliphatic carbocycles. The number of hydrogen-bond donors (Lipinski definition) is 0. The van der Waals surface area contributed by atoms with Gasteiger partial charge >= 0.3 is 25.8 Å². The van der Waals surface area contributed by atoms with Crippen molar-refractivity contribution in [2.75, 3.05) is 41.3 Å². The zero-order valence-corrected chi connectivity index (χ0v) is 17.9. The molecule has 0 saturated carbocycles. The van der Waals surface area contributed by atoms with Crippen LogP contribution in [0.5, 0.6) is 0 Å². The standard InChI is InChI=1S/C11H18N.2C2H6N.CH3.Hf/c1-2-12-10-6-5-9-11-7-3-4-8-11;2*1-3-2;;/h3-4,7H,2,5-6,8-10H2,1H3;2*1-2H3;1H3;/q4*-1;+4. The van der Waals surface area contributed by atoms with Crippen LogP contribution >= 0.6 is 0 Å². The van der Waals surface area contributed by atoms with Crippen LogP contribution in [0.15, 0.2) is 23.8 Å². The monoisotopic (exact) mass is 447 g/mol. The molecule has 0 bridgehead atoms. The smallest absolute Gasteiger partial charge is 0.668 e. The second-order valence-electron chi connectivity index (χ2n) is 4.07. The molecule has 4 heteroatoms. The van der Waals surface area contributed by atoms with Gasteiger partial charge in [-0.3, -0.25) is 0 Å². The average Bonchev–Trinajstić information content (AvgIpc) is 2.84. The molecule has 0 aliphatic heterocycles. The van der Waals surface area contributed by atoms with E-state index in [1.165, 1.54) is 25.7 Å². The van der Waals surface area contributed by atoms with Gasteiger partial charge in [0.2, 0.25) is 0 Å². The van der Waals surface area contributed by atoms with E-state index in [0.717, 1.165) is 13.1 Å². The summed E-state index contributed by atoms with van der Waals surface area (Å²) in [5.41, 5.74) is 1.59. The van der Waals surface area contributed by atoms with Gasteiger partial charge in [-0.25, -0.2) is 0 Å². The second-order valence-corrected chi connectivity index (χ2v) is 4.07. The van der Waals surface area contributed by atoms with Crippen LogP contribution in [-0.4, -0.2) is 41.3 Å². The van der Waals surface area contributed by atoms with Crippen LogP contribution in [-0.2, 0) is 25.8 Å². The normalized spacial score (nSPS) is 10.9. The van der Waals surface area contributed by atoms with E-state index >= 15 is 0 Å². The molecule has 0 atom stereocenters. The molecular weight excluding hydrogens is 413 g/mol. The van der Waals surface area contributed by atoms with Crippen molar-refractivity contribution in [3.8, 4) is 0 Å². The summed E-state index contributed by atoms with van der Waals surface area (Å²) in [5.74, 6) is 0. The van der Waals surface area contributed by atoms with E-state index in [-0.39, 0.29) is 33.3 Å². The van der Waals surface area contributed by atoms with Crippen molar-refractivity contribution in [1.82, 2.24) is 0 Å². The van der Waals surface area contributed by atoms with Crippen molar-refractivity contribution in [3.05, 3.63) is 47.2 Å². The first-order valence-corrected chi connectivity index (χ1v) is 6.70. The Morgan fingerprint density at radius 2 is 1.60 bits per heavy atom. The molecule has 0 aromatic carbocycles. The molecular formula is C16H33HfN3. The maximum Gasteiger partial charge on any atom is 4.00 e. The first kappa shape index (κ1) is 28.4. The Hall–Kier alpha value is 0.230. The third kappa shape index (κ3) is 26.7. The molecule has 0 saturated heterocycles.